The lowest BCUT2D eigenvalue weighted by Crippen LogP contribution is -2.34. The number of fused-ring (bicyclic) bond motifs is 1. The van der Waals surface area contributed by atoms with Crippen LogP contribution < -0.4 is 25.7 Å². The number of hydrogen-bond donors (Lipinski definition) is 3. The maximum absolute atomic E-state index is 14.4. The second kappa shape index (κ2) is 11.6. The molecule has 0 spiro atoms. The highest BCUT2D eigenvalue weighted by Crippen LogP contribution is 2.29. The number of pyridine rings is 1. The van der Waals surface area contributed by atoms with E-state index in [9.17, 15) is 22.4 Å². The number of carbonyl (C=O) groups excluding carboxylic acids is 1. The predicted molar refractivity (Wildman–Crippen MR) is 152 cm³/mol. The smallest absolute Gasteiger partial charge is 0.333 e. The highest BCUT2D eigenvalue weighted by Gasteiger charge is 2.21. The molecule has 39 heavy (non-hydrogen) atoms. The first kappa shape index (κ1) is 28.4. The molecule has 2 amide bonds. The minimum atomic E-state index is -4.14. The number of carbonyl (C=O) groups is 1. The Morgan fingerprint density at radius 2 is 1.90 bits per heavy atom. The molecular formula is C25H25ClFN5O5S2. The largest absolute Gasteiger partial charge is 0.490 e. The fourth-order valence-electron chi connectivity index (χ4n) is 3.64. The van der Waals surface area contributed by atoms with Crippen molar-refractivity contribution in [3.05, 3.63) is 75.2 Å². The number of rotatable bonds is 9. The Morgan fingerprint density at radius 3 is 2.56 bits per heavy atom. The number of benzene rings is 2. The number of nitrogens with one attached hydrogen (secondary N) is 3. The Labute approximate surface area is 233 Å². The van der Waals surface area contributed by atoms with Gasteiger partial charge in [-0.1, -0.05) is 11.6 Å². The van der Waals surface area contributed by atoms with Crippen LogP contribution in [0, 0.1) is 5.82 Å². The van der Waals surface area contributed by atoms with Crippen LogP contribution in [-0.4, -0.2) is 58.2 Å². The van der Waals surface area contributed by atoms with E-state index in [0.29, 0.717) is 17.6 Å². The van der Waals surface area contributed by atoms with Gasteiger partial charge >= 0.3 is 6.03 Å². The minimum Gasteiger partial charge on any atom is -0.490 e. The third-order valence-electron chi connectivity index (χ3n) is 5.59. The molecule has 10 nitrogen and oxygen atoms in total. The van der Waals surface area contributed by atoms with Gasteiger partial charge in [-0.2, -0.15) is 0 Å². The van der Waals surface area contributed by atoms with Gasteiger partial charge in [0.2, 0.25) is 0 Å². The van der Waals surface area contributed by atoms with Crippen molar-refractivity contribution >= 4 is 61.1 Å². The molecule has 4 aromatic rings. The number of anilines is 2. The Morgan fingerprint density at radius 1 is 1.13 bits per heavy atom. The topological polar surface area (TPSA) is 122 Å². The quantitative estimate of drug-likeness (QED) is 0.264. The molecule has 0 aliphatic heterocycles. The van der Waals surface area contributed by atoms with E-state index in [4.69, 9.17) is 16.3 Å². The summed E-state index contributed by atoms with van der Waals surface area (Å²) in [6.45, 7) is 0.787. The Balaban J connectivity index is 1.66. The fourth-order valence-corrected chi connectivity index (χ4v) is 6.03. The molecule has 0 aliphatic carbocycles. The first-order valence-electron chi connectivity index (χ1n) is 11.5. The molecule has 14 heteroatoms. The van der Waals surface area contributed by atoms with Crippen LogP contribution in [0.15, 0.2) is 63.7 Å². The van der Waals surface area contributed by atoms with Crippen LogP contribution in [0.4, 0.5) is 20.6 Å². The van der Waals surface area contributed by atoms with E-state index in [-0.39, 0.29) is 37.7 Å². The number of sulfonamides is 1. The molecule has 206 valence electrons. The molecule has 0 radical (unpaired) electrons. The molecule has 3 N–H and O–H groups in total. The van der Waals surface area contributed by atoms with E-state index in [1.54, 1.807) is 31.4 Å². The van der Waals surface area contributed by atoms with Crippen molar-refractivity contribution in [3.63, 3.8) is 0 Å². The number of amides is 2. The van der Waals surface area contributed by atoms with Gasteiger partial charge in [0.05, 0.1) is 26.8 Å². The number of ether oxygens (including phenoxy) is 1. The summed E-state index contributed by atoms with van der Waals surface area (Å²) in [7, 11) is 1.17. The molecule has 4 rings (SSSR count). The summed E-state index contributed by atoms with van der Waals surface area (Å²) in [5, 5.41) is 5.98. The summed E-state index contributed by atoms with van der Waals surface area (Å²) in [6, 6.07) is 10.7. The molecular weight excluding hydrogens is 569 g/mol. The van der Waals surface area contributed by atoms with Crippen molar-refractivity contribution in [1.82, 2.24) is 14.2 Å². The summed E-state index contributed by atoms with van der Waals surface area (Å²) in [4.78, 5) is 27.7. The van der Waals surface area contributed by atoms with Crippen LogP contribution in [0.5, 0.6) is 5.75 Å². The maximum Gasteiger partial charge on any atom is 0.333 e. The van der Waals surface area contributed by atoms with Crippen LogP contribution in [0.2, 0.25) is 4.34 Å². The van der Waals surface area contributed by atoms with E-state index in [0.717, 1.165) is 11.3 Å². The van der Waals surface area contributed by atoms with Crippen LogP contribution in [0.3, 0.4) is 0 Å². The third-order valence-corrected chi connectivity index (χ3v) is 8.64. The van der Waals surface area contributed by atoms with E-state index >= 15 is 0 Å². The van der Waals surface area contributed by atoms with Crippen LogP contribution in [0.25, 0.3) is 16.5 Å². The van der Waals surface area contributed by atoms with Crippen molar-refractivity contribution in [1.29, 1.82) is 0 Å². The molecule has 0 unspecified atom stereocenters. The van der Waals surface area contributed by atoms with E-state index in [1.807, 2.05) is 23.7 Å². The fraction of sp³-hybridized carbons (Fsp3) is 0.200. The minimum absolute atomic E-state index is 0.116. The molecule has 0 fully saturated rings. The normalized spacial score (nSPS) is 11.5. The van der Waals surface area contributed by atoms with E-state index in [2.05, 4.69) is 10.6 Å². The molecule has 2 aromatic carbocycles. The monoisotopic (exact) mass is 593 g/mol. The SMILES string of the molecule is CNc1cc2ccn(-c3ccc(NC(=O)NS(=O)(=O)c4ccc(Cl)s4)c(OCCN(C)C)c3)c(=O)c2cc1F. The zero-order valence-corrected chi connectivity index (χ0v) is 23.5. The molecule has 0 bridgehead atoms. The molecule has 0 saturated heterocycles. The summed E-state index contributed by atoms with van der Waals surface area (Å²) in [6.07, 6.45) is 1.56. The lowest BCUT2D eigenvalue weighted by atomic mass is 10.1. The Kier molecular flexibility index (Phi) is 8.45. The Bertz CT molecular complexity index is 1700. The van der Waals surface area contributed by atoms with Crippen molar-refractivity contribution in [3.8, 4) is 11.4 Å². The van der Waals surface area contributed by atoms with E-state index < -0.39 is 27.4 Å². The summed E-state index contributed by atoms with van der Waals surface area (Å²) < 4.78 is 48.7. The van der Waals surface area contributed by atoms with Gasteiger partial charge in [-0.3, -0.25) is 9.36 Å². The number of thiophene rings is 1. The highest BCUT2D eigenvalue weighted by atomic mass is 35.5. The van der Waals surface area contributed by atoms with Gasteiger partial charge in [0.25, 0.3) is 15.6 Å². The zero-order valence-electron chi connectivity index (χ0n) is 21.1. The van der Waals surface area contributed by atoms with Crippen molar-refractivity contribution in [2.45, 2.75) is 4.21 Å². The van der Waals surface area contributed by atoms with Crippen LogP contribution >= 0.6 is 22.9 Å². The third kappa shape index (κ3) is 6.50. The lowest BCUT2D eigenvalue weighted by Gasteiger charge is -2.17. The van der Waals surface area contributed by atoms with Crippen molar-refractivity contribution < 1.29 is 22.3 Å². The average molecular weight is 594 g/mol. The number of urea groups is 1. The standard InChI is InChI=1S/C25H25ClFN5O5S2/c1-28-20-12-15-8-9-32(24(33)17(15)14-18(20)27)16-4-5-19(21(13-16)37-11-10-31(2)3)29-25(34)30-39(35,36)23-7-6-22(26)38-23/h4-9,12-14,28H,10-11H2,1-3H3,(H2,29,30,34). The number of aromatic nitrogens is 1. The van der Waals surface area contributed by atoms with Gasteiger partial charge in [0.15, 0.2) is 0 Å². The van der Waals surface area contributed by atoms with Crippen LogP contribution in [0.1, 0.15) is 0 Å². The summed E-state index contributed by atoms with van der Waals surface area (Å²) >= 11 is 6.62. The maximum atomic E-state index is 14.4. The molecule has 0 atom stereocenters. The number of likely N-dealkylation sites (N-methyl/N-ethyl adjacent to an activating group) is 1. The lowest BCUT2D eigenvalue weighted by molar-refractivity contribution is 0.254. The van der Waals surface area contributed by atoms with Gasteiger partial charge in [0.1, 0.15) is 22.4 Å². The van der Waals surface area contributed by atoms with Gasteiger partial charge in [-0.25, -0.2) is 22.3 Å². The second-order valence-corrected chi connectivity index (χ2v) is 12.2. The van der Waals surface area contributed by atoms with Gasteiger partial charge in [0, 0.05) is 25.9 Å². The van der Waals surface area contributed by atoms with E-state index in [1.165, 1.54) is 34.9 Å². The van der Waals surface area contributed by atoms with Gasteiger partial charge in [-0.15, -0.1) is 11.3 Å². The molecule has 2 heterocycles. The molecule has 0 aliphatic rings. The van der Waals surface area contributed by atoms with Crippen LogP contribution in [-0.2, 0) is 10.0 Å². The highest BCUT2D eigenvalue weighted by molar-refractivity contribution is 7.92. The summed E-state index contributed by atoms with van der Waals surface area (Å²) in [5.41, 5.74) is 0.390. The number of nitrogens with zero attached hydrogens (tertiary/aromatic N) is 2. The molecule has 2 aromatic heterocycles. The van der Waals surface area contributed by atoms with Gasteiger partial charge < -0.3 is 20.3 Å². The zero-order chi connectivity index (χ0) is 28.3. The van der Waals surface area contributed by atoms with Crippen molar-refractivity contribution in [2.75, 3.05) is 44.9 Å². The van der Waals surface area contributed by atoms with Crippen molar-refractivity contribution in [2.24, 2.45) is 0 Å². The second-order valence-electron chi connectivity index (χ2n) is 8.61. The van der Waals surface area contributed by atoms with Gasteiger partial charge in [-0.05, 0) is 61.9 Å². The molecule has 0 saturated carbocycles. The predicted octanol–water partition coefficient (Wildman–Crippen LogP) is 4.34. The summed E-state index contributed by atoms with van der Waals surface area (Å²) in [5.74, 6) is -0.359. The number of hydrogen-bond acceptors (Lipinski definition) is 8. The average Bonchev–Trinajstić information content (AvgIpc) is 3.32. The first-order chi connectivity index (χ1) is 18.5. The first-order valence-corrected chi connectivity index (χ1v) is 14.2. The number of halogens is 2. The Hall–Kier alpha value is -3.65.